The number of hydrogen-bond acceptors (Lipinski definition) is 4. The van der Waals surface area contributed by atoms with Gasteiger partial charge in [0.2, 0.25) is 0 Å². The number of nitrogens with two attached hydrogens (primary N) is 1. The molecule has 1 rings (SSSR count). The summed E-state index contributed by atoms with van der Waals surface area (Å²) in [5.41, 5.74) is 5.75. The summed E-state index contributed by atoms with van der Waals surface area (Å²) in [5.74, 6) is 0.244. The van der Waals surface area contributed by atoms with Gasteiger partial charge < -0.3 is 5.73 Å². The molecule has 0 fully saturated rings. The lowest BCUT2D eigenvalue weighted by Gasteiger charge is -2.21. The molecule has 0 saturated heterocycles. The van der Waals surface area contributed by atoms with Crippen molar-refractivity contribution in [1.82, 2.24) is 0 Å². The second-order valence-electron chi connectivity index (χ2n) is 5.08. The Labute approximate surface area is 108 Å². The maximum atomic E-state index is 11.9. The summed E-state index contributed by atoms with van der Waals surface area (Å²) in [4.78, 5) is 0. The van der Waals surface area contributed by atoms with Crippen molar-refractivity contribution >= 4 is 21.2 Å². The third kappa shape index (κ3) is 4.77. The van der Waals surface area contributed by atoms with Gasteiger partial charge in [-0.05, 0) is 36.2 Å². The van der Waals surface area contributed by atoms with Crippen LogP contribution in [0.4, 0.5) is 0 Å². The van der Waals surface area contributed by atoms with Crippen molar-refractivity contribution < 1.29 is 8.42 Å². The minimum Gasteiger partial charge on any atom is -0.330 e. The molecule has 1 aromatic heterocycles. The Morgan fingerprint density at radius 3 is 2.59 bits per heavy atom. The van der Waals surface area contributed by atoms with Crippen LogP contribution in [0.5, 0.6) is 0 Å². The molecular weight excluding hydrogens is 254 g/mol. The van der Waals surface area contributed by atoms with Crippen molar-refractivity contribution in [3.8, 4) is 0 Å². The fourth-order valence-electron chi connectivity index (χ4n) is 1.54. The molecule has 1 heterocycles. The third-order valence-corrected chi connectivity index (χ3v) is 6.16. The zero-order valence-electron chi connectivity index (χ0n) is 10.5. The first-order valence-corrected chi connectivity index (χ1v) is 8.37. The summed E-state index contributed by atoms with van der Waals surface area (Å²) < 4.78 is 24.2. The highest BCUT2D eigenvalue weighted by molar-refractivity contribution is 7.93. The van der Waals surface area contributed by atoms with E-state index in [1.807, 2.05) is 0 Å². The maximum Gasteiger partial charge on any atom is 0.187 e. The largest absolute Gasteiger partial charge is 0.330 e. The zero-order chi connectivity index (χ0) is 12.9. The van der Waals surface area contributed by atoms with Crippen molar-refractivity contribution in [1.29, 1.82) is 0 Å². The quantitative estimate of drug-likeness (QED) is 0.778. The highest BCUT2D eigenvalue weighted by Gasteiger charge is 2.17. The van der Waals surface area contributed by atoms with E-state index in [1.54, 1.807) is 17.5 Å². The molecule has 0 radical (unpaired) electrons. The zero-order valence-corrected chi connectivity index (χ0v) is 12.1. The molecule has 0 atom stereocenters. The Balaban J connectivity index is 2.37. The van der Waals surface area contributed by atoms with Crippen LogP contribution in [0.15, 0.2) is 21.7 Å². The summed E-state index contributed by atoms with van der Waals surface area (Å²) >= 11 is 1.29. The highest BCUT2D eigenvalue weighted by atomic mass is 32.2. The summed E-state index contributed by atoms with van der Waals surface area (Å²) in [5, 5.41) is 1.80. The fraction of sp³-hybridized carbons (Fsp3) is 0.667. The molecule has 3 nitrogen and oxygen atoms in total. The number of hydrogen-bond donors (Lipinski definition) is 1. The smallest absolute Gasteiger partial charge is 0.187 e. The average molecular weight is 275 g/mol. The minimum atomic E-state index is -3.05. The van der Waals surface area contributed by atoms with Gasteiger partial charge in [0.15, 0.2) is 9.84 Å². The Kier molecular flexibility index (Phi) is 5.16. The fourth-order valence-corrected chi connectivity index (χ4v) is 4.06. The summed E-state index contributed by atoms with van der Waals surface area (Å²) in [6.07, 6.45) is 2.60. The maximum absolute atomic E-state index is 11.9. The molecule has 0 saturated carbocycles. The Morgan fingerprint density at radius 2 is 2.06 bits per heavy atom. The molecule has 17 heavy (non-hydrogen) atoms. The Morgan fingerprint density at radius 1 is 1.35 bits per heavy atom. The SMILES string of the molecule is CC(C)(CN)CCCCS(=O)(=O)c1cccs1. The molecule has 0 aliphatic carbocycles. The molecule has 98 valence electrons. The van der Waals surface area contributed by atoms with Gasteiger partial charge in [0.05, 0.1) is 5.75 Å². The van der Waals surface area contributed by atoms with Gasteiger partial charge in [0.25, 0.3) is 0 Å². The normalized spacial score (nSPS) is 12.9. The van der Waals surface area contributed by atoms with Gasteiger partial charge >= 0.3 is 0 Å². The lowest BCUT2D eigenvalue weighted by atomic mass is 9.88. The van der Waals surface area contributed by atoms with Gasteiger partial charge in [-0.15, -0.1) is 11.3 Å². The molecule has 0 bridgehead atoms. The van der Waals surface area contributed by atoms with Crippen molar-refractivity contribution in [3.63, 3.8) is 0 Å². The molecule has 1 aromatic rings. The van der Waals surface area contributed by atoms with E-state index in [0.717, 1.165) is 12.8 Å². The van der Waals surface area contributed by atoms with Gasteiger partial charge in [0, 0.05) is 0 Å². The predicted octanol–water partition coefficient (Wildman–Crippen LogP) is 2.68. The van der Waals surface area contributed by atoms with Gasteiger partial charge in [-0.3, -0.25) is 0 Å². The molecule has 0 amide bonds. The lowest BCUT2D eigenvalue weighted by molar-refractivity contribution is 0.335. The van der Waals surface area contributed by atoms with Gasteiger partial charge in [-0.2, -0.15) is 0 Å². The molecule has 0 aliphatic heterocycles. The molecule has 0 unspecified atom stereocenters. The standard InChI is InChI=1S/C12H21NO2S2/c1-12(2,10-13)7-3-4-9-17(14,15)11-6-5-8-16-11/h5-6,8H,3-4,7,9-10,13H2,1-2H3. The average Bonchev–Trinajstić information content (AvgIpc) is 2.78. The van der Waals surface area contributed by atoms with Crippen molar-refractivity contribution in [3.05, 3.63) is 17.5 Å². The van der Waals surface area contributed by atoms with Crippen LogP contribution in [0.2, 0.25) is 0 Å². The molecule has 5 heteroatoms. The Hall–Kier alpha value is -0.390. The first-order chi connectivity index (χ1) is 7.87. The van der Waals surface area contributed by atoms with Gasteiger partial charge in [-0.25, -0.2) is 8.42 Å². The predicted molar refractivity (Wildman–Crippen MR) is 73.1 cm³/mol. The first-order valence-electron chi connectivity index (χ1n) is 5.84. The molecule has 2 N–H and O–H groups in total. The van der Waals surface area contributed by atoms with Crippen LogP contribution in [0.1, 0.15) is 33.1 Å². The second-order valence-corrected chi connectivity index (χ2v) is 8.36. The Bertz CT molecular complexity index is 421. The van der Waals surface area contributed by atoms with E-state index in [0.29, 0.717) is 17.2 Å². The highest BCUT2D eigenvalue weighted by Crippen LogP contribution is 2.23. The van der Waals surface area contributed by atoms with E-state index in [4.69, 9.17) is 5.73 Å². The number of sulfone groups is 1. The van der Waals surface area contributed by atoms with Crippen LogP contribution in [-0.2, 0) is 9.84 Å². The lowest BCUT2D eigenvalue weighted by Crippen LogP contribution is -2.23. The monoisotopic (exact) mass is 275 g/mol. The third-order valence-electron chi connectivity index (χ3n) is 2.87. The summed E-state index contributed by atoms with van der Waals surface area (Å²) in [6.45, 7) is 4.87. The van der Waals surface area contributed by atoms with Gasteiger partial charge in [0.1, 0.15) is 4.21 Å². The van der Waals surface area contributed by atoms with Crippen LogP contribution in [0.25, 0.3) is 0 Å². The van der Waals surface area contributed by atoms with Crippen LogP contribution < -0.4 is 5.73 Å². The van der Waals surface area contributed by atoms with E-state index < -0.39 is 9.84 Å². The second kappa shape index (κ2) is 5.98. The van der Waals surface area contributed by atoms with Crippen LogP contribution in [0, 0.1) is 5.41 Å². The van der Waals surface area contributed by atoms with E-state index in [2.05, 4.69) is 13.8 Å². The number of rotatable bonds is 7. The molecule has 0 aromatic carbocycles. The van der Waals surface area contributed by atoms with E-state index in [-0.39, 0.29) is 11.2 Å². The summed E-state index contributed by atoms with van der Waals surface area (Å²) in [7, 11) is -3.05. The van der Waals surface area contributed by atoms with Crippen LogP contribution >= 0.6 is 11.3 Å². The van der Waals surface area contributed by atoms with E-state index >= 15 is 0 Å². The number of thiophene rings is 1. The van der Waals surface area contributed by atoms with Crippen molar-refractivity contribution in [2.24, 2.45) is 11.1 Å². The summed E-state index contributed by atoms with van der Waals surface area (Å²) in [6, 6.07) is 3.44. The van der Waals surface area contributed by atoms with Crippen LogP contribution in [0.3, 0.4) is 0 Å². The topological polar surface area (TPSA) is 60.2 Å². The number of unbranched alkanes of at least 4 members (excludes halogenated alkanes) is 1. The van der Waals surface area contributed by atoms with Crippen molar-refractivity contribution in [2.75, 3.05) is 12.3 Å². The molecule has 0 spiro atoms. The molecule has 0 aliphatic rings. The first kappa shape index (κ1) is 14.7. The van der Waals surface area contributed by atoms with Gasteiger partial charge in [-0.1, -0.05) is 26.3 Å². The molecular formula is C12H21NO2S2. The van der Waals surface area contributed by atoms with E-state index in [9.17, 15) is 8.42 Å². The van der Waals surface area contributed by atoms with Crippen LogP contribution in [-0.4, -0.2) is 20.7 Å². The minimum absolute atomic E-state index is 0.118. The van der Waals surface area contributed by atoms with E-state index in [1.165, 1.54) is 11.3 Å². The van der Waals surface area contributed by atoms with Crippen molar-refractivity contribution in [2.45, 2.75) is 37.3 Å².